The maximum absolute atomic E-state index is 14.5. The van der Waals surface area contributed by atoms with Gasteiger partial charge in [-0.1, -0.05) is 62.7 Å². The minimum Gasteiger partial charge on any atom is -0.483 e. The summed E-state index contributed by atoms with van der Waals surface area (Å²) in [7, 11) is 0. The fraction of sp³-hybridized carbons (Fsp3) is 0.424. The Kier molecular flexibility index (Phi) is 10.5. The number of rotatable bonds is 12. The van der Waals surface area contributed by atoms with Crippen LogP contribution in [0.4, 0.5) is 14.5 Å². The van der Waals surface area contributed by atoms with Crippen molar-refractivity contribution in [2.24, 2.45) is 5.92 Å². The lowest BCUT2D eigenvalue weighted by Crippen LogP contribution is -2.33. The summed E-state index contributed by atoms with van der Waals surface area (Å²) in [5.41, 5.74) is 2.64. The maximum atomic E-state index is 14.5. The van der Waals surface area contributed by atoms with Crippen molar-refractivity contribution in [3.63, 3.8) is 0 Å². The first-order valence-corrected chi connectivity index (χ1v) is 14.2. The molecule has 1 atom stereocenters. The van der Waals surface area contributed by atoms with E-state index in [0.29, 0.717) is 17.9 Å². The number of para-hydroxylation sites is 1. The Morgan fingerprint density at radius 1 is 0.923 bits per heavy atom. The molecule has 1 heterocycles. The van der Waals surface area contributed by atoms with E-state index >= 15 is 0 Å². The van der Waals surface area contributed by atoms with Gasteiger partial charge in [-0.25, -0.2) is 8.78 Å². The monoisotopic (exact) mass is 534 g/mol. The Hall–Kier alpha value is -3.25. The third-order valence-corrected chi connectivity index (χ3v) is 7.54. The number of amides is 1. The molecule has 0 radical (unpaired) electrons. The zero-order valence-corrected chi connectivity index (χ0v) is 23.0. The third kappa shape index (κ3) is 8.37. The van der Waals surface area contributed by atoms with Crippen LogP contribution in [0.1, 0.15) is 75.5 Å². The summed E-state index contributed by atoms with van der Waals surface area (Å²) in [4.78, 5) is 14.6. The molecular formula is C33H40F2N2O2. The highest BCUT2D eigenvalue weighted by Gasteiger charge is 2.22. The number of nitrogens with zero attached hydrogens (tertiary/aromatic N) is 1. The number of piperidine rings is 1. The van der Waals surface area contributed by atoms with Crippen LogP contribution in [0.3, 0.4) is 0 Å². The van der Waals surface area contributed by atoms with Gasteiger partial charge in [-0.15, -0.1) is 0 Å². The van der Waals surface area contributed by atoms with Gasteiger partial charge < -0.3 is 15.0 Å². The number of likely N-dealkylation sites (tertiary alicyclic amines) is 1. The van der Waals surface area contributed by atoms with Crippen LogP contribution >= 0.6 is 0 Å². The average Bonchev–Trinajstić information content (AvgIpc) is 2.94. The van der Waals surface area contributed by atoms with E-state index in [4.69, 9.17) is 4.74 Å². The lowest BCUT2D eigenvalue weighted by atomic mass is 9.89. The minimum absolute atomic E-state index is 0.0401. The highest BCUT2D eigenvalue weighted by atomic mass is 19.1. The largest absolute Gasteiger partial charge is 0.483 e. The van der Waals surface area contributed by atoms with Gasteiger partial charge >= 0.3 is 0 Å². The Balaban J connectivity index is 1.22. The Morgan fingerprint density at radius 3 is 2.36 bits per heavy atom. The number of carbonyl (C=O) groups excluding carboxylic acids is 1. The quantitative estimate of drug-likeness (QED) is 0.239. The molecule has 0 saturated carbocycles. The van der Waals surface area contributed by atoms with Gasteiger partial charge in [-0.05, 0) is 93.6 Å². The zero-order chi connectivity index (χ0) is 27.6. The van der Waals surface area contributed by atoms with Gasteiger partial charge in [0.25, 0.3) is 0 Å². The number of carbonyl (C=O) groups is 1. The molecule has 208 valence electrons. The minimum atomic E-state index is -0.528. The number of hydrogen-bond acceptors (Lipinski definition) is 3. The van der Waals surface area contributed by atoms with Crippen molar-refractivity contribution in [3.05, 3.63) is 95.6 Å². The summed E-state index contributed by atoms with van der Waals surface area (Å²) in [6.45, 7) is 6.95. The van der Waals surface area contributed by atoms with Crippen molar-refractivity contribution in [2.75, 3.05) is 25.0 Å². The maximum Gasteiger partial charge on any atom is 0.226 e. The number of benzene rings is 3. The molecule has 39 heavy (non-hydrogen) atoms. The standard InChI is InChI=1S/C33H40F2N2O2/c1-24(2)33(38)36-27-12-10-11-26(23-27)25-18-21-37(22-19-25)20-9-3-4-16-31(28-13-5-6-14-29(28)34)39-32-17-8-7-15-30(32)35/h5-8,10-15,17,23-25,31H,3-4,9,16,18-22H2,1-2H3,(H,36,38). The molecule has 1 fully saturated rings. The molecule has 1 aliphatic rings. The molecule has 1 aliphatic heterocycles. The van der Waals surface area contributed by atoms with E-state index in [-0.39, 0.29) is 23.4 Å². The van der Waals surface area contributed by atoms with E-state index in [1.807, 2.05) is 26.0 Å². The van der Waals surface area contributed by atoms with Crippen molar-refractivity contribution >= 4 is 11.6 Å². The van der Waals surface area contributed by atoms with Crippen molar-refractivity contribution in [1.82, 2.24) is 4.90 Å². The molecule has 0 aliphatic carbocycles. The van der Waals surface area contributed by atoms with Crippen molar-refractivity contribution in [1.29, 1.82) is 0 Å². The van der Waals surface area contributed by atoms with Gasteiger partial charge in [0.2, 0.25) is 5.91 Å². The summed E-state index contributed by atoms with van der Waals surface area (Å²) < 4.78 is 34.7. The second-order valence-corrected chi connectivity index (χ2v) is 10.8. The Morgan fingerprint density at radius 2 is 1.64 bits per heavy atom. The van der Waals surface area contributed by atoms with Crippen molar-refractivity contribution in [2.45, 2.75) is 64.4 Å². The SMILES string of the molecule is CC(C)C(=O)Nc1cccc(C2CCN(CCCCCC(Oc3ccccc3F)c3ccccc3F)CC2)c1. The Bertz CT molecular complexity index is 1210. The first-order valence-electron chi connectivity index (χ1n) is 14.2. The highest BCUT2D eigenvalue weighted by molar-refractivity contribution is 5.92. The molecular weight excluding hydrogens is 494 g/mol. The molecule has 0 aromatic heterocycles. The number of nitrogens with one attached hydrogen (secondary N) is 1. The van der Waals surface area contributed by atoms with Crippen LogP contribution in [0.5, 0.6) is 5.75 Å². The van der Waals surface area contributed by atoms with Crippen LogP contribution in [0, 0.1) is 17.6 Å². The number of anilines is 1. The van der Waals surface area contributed by atoms with Crippen LogP contribution in [0.2, 0.25) is 0 Å². The highest BCUT2D eigenvalue weighted by Crippen LogP contribution is 2.31. The van der Waals surface area contributed by atoms with E-state index in [1.54, 1.807) is 36.4 Å². The van der Waals surface area contributed by atoms with Crippen LogP contribution in [0.15, 0.2) is 72.8 Å². The van der Waals surface area contributed by atoms with Crippen LogP contribution in [-0.2, 0) is 4.79 Å². The van der Waals surface area contributed by atoms with Gasteiger partial charge in [-0.2, -0.15) is 0 Å². The molecule has 0 bridgehead atoms. The van der Waals surface area contributed by atoms with E-state index in [9.17, 15) is 13.6 Å². The molecule has 0 spiro atoms. The molecule has 1 N–H and O–H groups in total. The zero-order valence-electron chi connectivity index (χ0n) is 23.0. The predicted octanol–water partition coefficient (Wildman–Crippen LogP) is 8.12. The van der Waals surface area contributed by atoms with Gasteiger partial charge in [0.05, 0.1) is 0 Å². The van der Waals surface area contributed by atoms with Gasteiger partial charge in [0.15, 0.2) is 11.6 Å². The predicted molar refractivity (Wildman–Crippen MR) is 153 cm³/mol. The summed E-state index contributed by atoms with van der Waals surface area (Å²) in [6, 6.07) is 21.2. The van der Waals surface area contributed by atoms with E-state index in [1.165, 1.54) is 17.7 Å². The van der Waals surface area contributed by atoms with Crippen LogP contribution in [-0.4, -0.2) is 30.4 Å². The average molecular weight is 535 g/mol. The molecule has 1 amide bonds. The lowest BCUT2D eigenvalue weighted by molar-refractivity contribution is -0.118. The van der Waals surface area contributed by atoms with Gasteiger partial charge in [-0.3, -0.25) is 4.79 Å². The molecule has 4 rings (SSSR count). The second kappa shape index (κ2) is 14.2. The lowest BCUT2D eigenvalue weighted by Gasteiger charge is -2.32. The van der Waals surface area contributed by atoms with Crippen LogP contribution < -0.4 is 10.1 Å². The Labute approximate surface area is 231 Å². The van der Waals surface area contributed by atoms with Crippen molar-refractivity contribution < 1.29 is 18.3 Å². The van der Waals surface area contributed by atoms with E-state index < -0.39 is 11.9 Å². The molecule has 6 heteroatoms. The fourth-order valence-electron chi connectivity index (χ4n) is 5.20. The van der Waals surface area contributed by atoms with E-state index in [0.717, 1.165) is 57.4 Å². The molecule has 4 nitrogen and oxygen atoms in total. The first kappa shape index (κ1) is 28.8. The number of unbranched alkanes of at least 4 members (excludes halogenated alkanes) is 2. The number of halogens is 2. The fourth-order valence-corrected chi connectivity index (χ4v) is 5.20. The van der Waals surface area contributed by atoms with Crippen LogP contribution in [0.25, 0.3) is 0 Å². The molecule has 3 aromatic rings. The first-order chi connectivity index (χ1) is 18.9. The van der Waals surface area contributed by atoms with Gasteiger partial charge in [0.1, 0.15) is 11.9 Å². The molecule has 3 aromatic carbocycles. The van der Waals surface area contributed by atoms with Crippen molar-refractivity contribution in [3.8, 4) is 5.75 Å². The molecule has 1 saturated heterocycles. The summed E-state index contributed by atoms with van der Waals surface area (Å²) in [6.07, 6.45) is 5.24. The molecule has 1 unspecified atom stereocenters. The second-order valence-electron chi connectivity index (χ2n) is 10.8. The summed E-state index contributed by atoms with van der Waals surface area (Å²) >= 11 is 0. The van der Waals surface area contributed by atoms with E-state index in [2.05, 4.69) is 22.3 Å². The topological polar surface area (TPSA) is 41.6 Å². The number of ether oxygens (including phenoxy) is 1. The van der Waals surface area contributed by atoms with Gasteiger partial charge in [0, 0.05) is 17.2 Å². The third-order valence-electron chi connectivity index (χ3n) is 7.54. The smallest absolute Gasteiger partial charge is 0.226 e. The number of hydrogen-bond donors (Lipinski definition) is 1. The normalized spacial score (nSPS) is 15.3. The summed E-state index contributed by atoms with van der Waals surface area (Å²) in [5.74, 6) is -0.0952. The summed E-state index contributed by atoms with van der Waals surface area (Å²) in [5, 5.41) is 3.01.